The molecule has 1 heterocycles. The Kier molecular flexibility index (Phi) is 7.36. The molecule has 0 radical (unpaired) electrons. The zero-order valence-electron chi connectivity index (χ0n) is 14.6. The van der Waals surface area contributed by atoms with Crippen molar-refractivity contribution in [3.8, 4) is 0 Å². The molecule has 0 bridgehead atoms. The van der Waals surface area contributed by atoms with Crippen LogP contribution in [0.25, 0.3) is 0 Å². The fraction of sp³-hybridized carbons (Fsp3) is 0.316. The minimum Gasteiger partial charge on any atom is -0.456 e. The van der Waals surface area contributed by atoms with Gasteiger partial charge in [0.2, 0.25) is 0 Å². The van der Waals surface area contributed by atoms with Crippen LogP contribution < -0.4 is 5.32 Å². The van der Waals surface area contributed by atoms with Crippen molar-refractivity contribution in [3.63, 3.8) is 0 Å². The predicted molar refractivity (Wildman–Crippen MR) is 102 cm³/mol. The monoisotopic (exact) mass is 393 g/mol. The first-order chi connectivity index (χ1) is 12.4. The third-order valence-corrected chi connectivity index (χ3v) is 5.07. The maximum Gasteiger partial charge on any atom is 0.306 e. The number of hydrogen-bond donors (Lipinski definition) is 1. The SMILES string of the molecule is Cc1ccc(C(=O)CCC(=O)OCC(=O)N[C@H](C)c2ccccc2Cl)s1. The van der Waals surface area contributed by atoms with E-state index in [0.717, 1.165) is 10.4 Å². The topological polar surface area (TPSA) is 72.5 Å². The highest BCUT2D eigenvalue weighted by Gasteiger charge is 2.15. The lowest BCUT2D eigenvalue weighted by Crippen LogP contribution is -2.31. The number of benzene rings is 1. The summed E-state index contributed by atoms with van der Waals surface area (Å²) in [6, 6.07) is 10.5. The fourth-order valence-corrected chi connectivity index (χ4v) is 3.46. The van der Waals surface area contributed by atoms with Crippen molar-refractivity contribution >= 4 is 40.6 Å². The highest BCUT2D eigenvalue weighted by Crippen LogP contribution is 2.22. The van der Waals surface area contributed by atoms with Crippen LogP contribution in [-0.2, 0) is 14.3 Å². The molecule has 1 aromatic carbocycles. The second-order valence-corrected chi connectivity index (χ2v) is 7.50. The van der Waals surface area contributed by atoms with Crippen LogP contribution in [0.5, 0.6) is 0 Å². The van der Waals surface area contributed by atoms with Crippen LogP contribution >= 0.6 is 22.9 Å². The molecule has 2 rings (SSSR count). The van der Waals surface area contributed by atoms with Gasteiger partial charge in [0, 0.05) is 16.3 Å². The summed E-state index contributed by atoms with van der Waals surface area (Å²) in [6.07, 6.45) is 0.0135. The number of nitrogens with one attached hydrogen (secondary N) is 1. The highest BCUT2D eigenvalue weighted by molar-refractivity contribution is 7.14. The van der Waals surface area contributed by atoms with Gasteiger partial charge < -0.3 is 10.1 Å². The number of amides is 1. The predicted octanol–water partition coefficient (Wildman–Crippen LogP) is 4.09. The molecular weight excluding hydrogens is 374 g/mol. The molecule has 138 valence electrons. The van der Waals surface area contributed by atoms with Gasteiger partial charge in [0.05, 0.1) is 17.3 Å². The molecule has 2 aromatic rings. The molecule has 0 spiro atoms. The second-order valence-electron chi connectivity index (χ2n) is 5.80. The normalized spacial score (nSPS) is 11.7. The number of thiophene rings is 1. The molecule has 1 N–H and O–H groups in total. The second kappa shape index (κ2) is 9.50. The number of carbonyl (C=O) groups is 3. The average molecular weight is 394 g/mol. The summed E-state index contributed by atoms with van der Waals surface area (Å²) in [5.41, 5.74) is 0.783. The smallest absolute Gasteiger partial charge is 0.306 e. The van der Waals surface area contributed by atoms with Crippen LogP contribution in [0.1, 0.15) is 45.9 Å². The molecule has 0 aliphatic carbocycles. The molecule has 26 heavy (non-hydrogen) atoms. The molecule has 0 aliphatic heterocycles. The largest absolute Gasteiger partial charge is 0.456 e. The van der Waals surface area contributed by atoms with Crippen molar-refractivity contribution in [2.45, 2.75) is 32.7 Å². The van der Waals surface area contributed by atoms with E-state index in [-0.39, 0.29) is 31.3 Å². The summed E-state index contributed by atoms with van der Waals surface area (Å²) in [5.74, 6) is -1.10. The maximum atomic E-state index is 11.9. The first-order valence-electron chi connectivity index (χ1n) is 8.16. The van der Waals surface area contributed by atoms with Gasteiger partial charge in [-0.15, -0.1) is 11.3 Å². The van der Waals surface area contributed by atoms with Gasteiger partial charge in [-0.05, 0) is 37.6 Å². The van der Waals surface area contributed by atoms with Gasteiger partial charge in [-0.3, -0.25) is 14.4 Å². The zero-order valence-corrected chi connectivity index (χ0v) is 16.2. The molecule has 1 aromatic heterocycles. The van der Waals surface area contributed by atoms with Gasteiger partial charge in [-0.2, -0.15) is 0 Å². The van der Waals surface area contributed by atoms with E-state index in [1.54, 1.807) is 25.1 Å². The van der Waals surface area contributed by atoms with Crippen LogP contribution in [0, 0.1) is 6.92 Å². The number of aryl methyl sites for hydroxylation is 1. The van der Waals surface area contributed by atoms with E-state index in [1.807, 2.05) is 25.1 Å². The van der Waals surface area contributed by atoms with Gasteiger partial charge in [-0.25, -0.2) is 0 Å². The molecular formula is C19H20ClNO4S. The Morgan fingerprint density at radius 2 is 1.88 bits per heavy atom. The lowest BCUT2D eigenvalue weighted by molar-refractivity contribution is -0.148. The average Bonchev–Trinajstić information content (AvgIpc) is 3.04. The third-order valence-electron chi connectivity index (χ3n) is 3.68. The standard InChI is InChI=1S/C19H20ClNO4S/c1-12-7-9-17(26-12)16(22)8-10-19(24)25-11-18(23)21-13(2)14-5-3-4-6-15(14)20/h3-7,9,13H,8,10-11H2,1-2H3,(H,21,23)/t13-/m1/s1. The number of esters is 1. The van der Waals surface area contributed by atoms with E-state index >= 15 is 0 Å². The summed E-state index contributed by atoms with van der Waals surface area (Å²) < 4.78 is 4.93. The lowest BCUT2D eigenvalue weighted by Gasteiger charge is -2.15. The van der Waals surface area contributed by atoms with E-state index in [1.165, 1.54) is 11.3 Å². The molecule has 1 amide bonds. The number of Topliss-reactive ketones (excluding diaryl/α,β-unsaturated/α-hetero) is 1. The van der Waals surface area contributed by atoms with E-state index in [0.29, 0.717) is 9.90 Å². The van der Waals surface area contributed by atoms with Crippen molar-refractivity contribution in [2.75, 3.05) is 6.61 Å². The number of ketones is 1. The minimum atomic E-state index is -0.577. The van der Waals surface area contributed by atoms with Crippen LogP contribution in [0.4, 0.5) is 0 Å². The van der Waals surface area contributed by atoms with Gasteiger partial charge in [-0.1, -0.05) is 29.8 Å². The summed E-state index contributed by atoms with van der Waals surface area (Å²) in [4.78, 5) is 37.2. The fourth-order valence-electron chi connectivity index (χ4n) is 2.33. The van der Waals surface area contributed by atoms with Crippen LogP contribution in [-0.4, -0.2) is 24.3 Å². The highest BCUT2D eigenvalue weighted by atomic mass is 35.5. The Morgan fingerprint density at radius 3 is 2.54 bits per heavy atom. The molecule has 0 aliphatic rings. The molecule has 1 atom stereocenters. The van der Waals surface area contributed by atoms with Crippen molar-refractivity contribution < 1.29 is 19.1 Å². The molecule has 5 nitrogen and oxygen atoms in total. The van der Waals surface area contributed by atoms with Gasteiger partial charge in [0.25, 0.3) is 5.91 Å². The van der Waals surface area contributed by atoms with Crippen molar-refractivity contribution in [1.82, 2.24) is 5.32 Å². The number of rotatable bonds is 8. The molecule has 0 fully saturated rings. The van der Waals surface area contributed by atoms with Crippen molar-refractivity contribution in [3.05, 3.63) is 56.7 Å². The third kappa shape index (κ3) is 5.97. The molecule has 0 unspecified atom stereocenters. The number of halogens is 1. The molecule has 0 saturated carbocycles. The first-order valence-corrected chi connectivity index (χ1v) is 9.35. The van der Waals surface area contributed by atoms with Crippen molar-refractivity contribution in [1.29, 1.82) is 0 Å². The van der Waals surface area contributed by atoms with E-state index in [4.69, 9.17) is 16.3 Å². The maximum absolute atomic E-state index is 11.9. The quantitative estimate of drug-likeness (QED) is 0.541. The van der Waals surface area contributed by atoms with E-state index < -0.39 is 11.9 Å². The Hall–Kier alpha value is -2.18. The first kappa shape index (κ1) is 20.1. The summed E-state index contributed by atoms with van der Waals surface area (Å²) in [7, 11) is 0. The Balaban J connectivity index is 1.72. The lowest BCUT2D eigenvalue weighted by atomic mass is 10.1. The summed E-state index contributed by atoms with van der Waals surface area (Å²) in [5, 5.41) is 3.28. The van der Waals surface area contributed by atoms with Crippen LogP contribution in [0.15, 0.2) is 36.4 Å². The molecule has 0 saturated heterocycles. The number of hydrogen-bond acceptors (Lipinski definition) is 5. The van der Waals surface area contributed by atoms with Gasteiger partial charge in [0.1, 0.15) is 0 Å². The number of ether oxygens (including phenoxy) is 1. The number of carbonyl (C=O) groups excluding carboxylic acids is 3. The van der Waals surface area contributed by atoms with Crippen LogP contribution in [0.2, 0.25) is 5.02 Å². The Labute approximate surface area is 161 Å². The van der Waals surface area contributed by atoms with E-state index in [2.05, 4.69) is 5.32 Å². The summed E-state index contributed by atoms with van der Waals surface area (Å²) >= 11 is 7.48. The van der Waals surface area contributed by atoms with E-state index in [9.17, 15) is 14.4 Å². The Morgan fingerprint density at radius 1 is 1.15 bits per heavy atom. The van der Waals surface area contributed by atoms with Gasteiger partial charge >= 0.3 is 5.97 Å². The molecule has 7 heteroatoms. The zero-order chi connectivity index (χ0) is 19.1. The minimum absolute atomic E-state index is 0.0525. The summed E-state index contributed by atoms with van der Waals surface area (Å²) in [6.45, 7) is 3.32. The van der Waals surface area contributed by atoms with Gasteiger partial charge in [0.15, 0.2) is 12.4 Å². The van der Waals surface area contributed by atoms with Crippen LogP contribution in [0.3, 0.4) is 0 Å². The van der Waals surface area contributed by atoms with Crippen molar-refractivity contribution in [2.24, 2.45) is 0 Å². The Bertz CT molecular complexity index is 802.